The number of esters is 1. The summed E-state index contributed by atoms with van der Waals surface area (Å²) in [5.74, 6) is 0.519. The summed E-state index contributed by atoms with van der Waals surface area (Å²) >= 11 is 0. The molecule has 0 aromatic rings. The molecule has 0 heterocycles. The van der Waals surface area contributed by atoms with E-state index < -0.39 is 0 Å². The maximum absolute atomic E-state index is 11.0. The number of ether oxygens (including phenoxy) is 1. The van der Waals surface area contributed by atoms with Crippen LogP contribution in [0.4, 0.5) is 0 Å². The van der Waals surface area contributed by atoms with Crippen LogP contribution in [0.1, 0.15) is 46.0 Å². The van der Waals surface area contributed by atoms with Gasteiger partial charge < -0.3 is 4.74 Å². The average Bonchev–Trinajstić information content (AvgIpc) is 2.08. The van der Waals surface area contributed by atoms with E-state index in [0.717, 1.165) is 0 Å². The number of carbonyl (C=O) groups excluding carboxylic acids is 1. The summed E-state index contributed by atoms with van der Waals surface area (Å²) < 4.78 is 4.67. The zero-order valence-corrected chi connectivity index (χ0v) is 8.93. The average molecular weight is 184 g/mol. The number of rotatable bonds is 2. The van der Waals surface area contributed by atoms with Crippen LogP contribution < -0.4 is 0 Å². The molecule has 0 spiro atoms. The van der Waals surface area contributed by atoms with Crippen molar-refractivity contribution in [2.45, 2.75) is 46.0 Å². The molecular weight excluding hydrogens is 164 g/mol. The molecule has 0 aliphatic heterocycles. The predicted molar refractivity (Wildman–Crippen MR) is 52.4 cm³/mol. The van der Waals surface area contributed by atoms with Crippen molar-refractivity contribution >= 4 is 5.97 Å². The summed E-state index contributed by atoms with van der Waals surface area (Å²) in [6, 6.07) is 0. The van der Waals surface area contributed by atoms with Crippen molar-refractivity contribution < 1.29 is 9.53 Å². The van der Waals surface area contributed by atoms with Crippen molar-refractivity contribution in [3.8, 4) is 0 Å². The lowest BCUT2D eigenvalue weighted by atomic mass is 9.72. The highest BCUT2D eigenvalue weighted by molar-refractivity contribution is 5.69. The lowest BCUT2D eigenvalue weighted by molar-refractivity contribution is -0.142. The van der Waals surface area contributed by atoms with E-state index in [2.05, 4.69) is 18.6 Å². The quantitative estimate of drug-likeness (QED) is 0.617. The molecule has 0 N–H and O–H groups in total. The first-order valence-electron chi connectivity index (χ1n) is 5.10. The lowest BCUT2D eigenvalue weighted by Crippen LogP contribution is -2.23. The molecule has 0 amide bonds. The van der Waals surface area contributed by atoms with E-state index in [-0.39, 0.29) is 5.97 Å². The van der Waals surface area contributed by atoms with E-state index >= 15 is 0 Å². The molecule has 1 fully saturated rings. The highest BCUT2D eigenvalue weighted by atomic mass is 16.5. The minimum absolute atomic E-state index is 0.0512. The Balaban J connectivity index is 2.29. The van der Waals surface area contributed by atoms with E-state index in [4.69, 9.17) is 0 Å². The van der Waals surface area contributed by atoms with Crippen molar-refractivity contribution in [1.82, 2.24) is 0 Å². The second kappa shape index (κ2) is 4.12. The maximum atomic E-state index is 11.0. The van der Waals surface area contributed by atoms with Crippen LogP contribution in [0.5, 0.6) is 0 Å². The molecule has 2 heteroatoms. The van der Waals surface area contributed by atoms with Gasteiger partial charge in [-0.3, -0.25) is 4.79 Å². The van der Waals surface area contributed by atoms with Gasteiger partial charge in [0.1, 0.15) is 0 Å². The molecule has 0 bridgehead atoms. The Kier molecular flexibility index (Phi) is 3.34. The summed E-state index contributed by atoms with van der Waals surface area (Å²) in [6.07, 6.45) is 5.47. The molecule has 0 unspecified atom stereocenters. The minimum atomic E-state index is -0.0512. The molecule has 0 saturated heterocycles. The second-order valence-electron chi connectivity index (χ2n) is 4.89. The Morgan fingerprint density at radius 1 is 1.38 bits per heavy atom. The second-order valence-corrected chi connectivity index (χ2v) is 4.89. The summed E-state index contributed by atoms with van der Waals surface area (Å²) in [6.45, 7) is 4.61. The highest BCUT2D eigenvalue weighted by Crippen LogP contribution is 2.39. The monoisotopic (exact) mass is 184 g/mol. The fourth-order valence-electron chi connectivity index (χ4n) is 1.98. The maximum Gasteiger partial charge on any atom is 0.305 e. The van der Waals surface area contributed by atoms with E-state index in [0.29, 0.717) is 17.8 Å². The Morgan fingerprint density at radius 3 is 2.38 bits per heavy atom. The van der Waals surface area contributed by atoms with E-state index in [1.165, 1.54) is 32.8 Å². The lowest BCUT2D eigenvalue weighted by Gasteiger charge is -2.33. The van der Waals surface area contributed by atoms with Gasteiger partial charge in [0, 0.05) is 6.42 Å². The van der Waals surface area contributed by atoms with Crippen LogP contribution in [0.3, 0.4) is 0 Å². The predicted octanol–water partition coefficient (Wildman–Crippen LogP) is 2.77. The largest absolute Gasteiger partial charge is 0.469 e. The molecule has 13 heavy (non-hydrogen) atoms. The van der Waals surface area contributed by atoms with Gasteiger partial charge >= 0.3 is 5.97 Å². The fraction of sp³-hybridized carbons (Fsp3) is 0.909. The molecule has 0 aromatic heterocycles. The van der Waals surface area contributed by atoms with Crippen LogP contribution in [0, 0.1) is 11.3 Å². The van der Waals surface area contributed by atoms with Crippen LogP contribution >= 0.6 is 0 Å². The first-order valence-corrected chi connectivity index (χ1v) is 5.10. The zero-order valence-electron chi connectivity index (χ0n) is 8.93. The third-order valence-corrected chi connectivity index (χ3v) is 3.14. The highest BCUT2D eigenvalue weighted by Gasteiger charge is 2.27. The van der Waals surface area contributed by atoms with Gasteiger partial charge in [0.25, 0.3) is 0 Å². The van der Waals surface area contributed by atoms with Crippen molar-refractivity contribution in [1.29, 1.82) is 0 Å². The Bertz CT molecular complexity index is 175. The molecule has 1 aliphatic carbocycles. The van der Waals surface area contributed by atoms with Crippen molar-refractivity contribution in [3.63, 3.8) is 0 Å². The molecule has 1 saturated carbocycles. The van der Waals surface area contributed by atoms with Crippen LogP contribution in [0.25, 0.3) is 0 Å². The normalized spacial score (nSPS) is 22.7. The third kappa shape index (κ3) is 3.37. The Hall–Kier alpha value is -0.530. The van der Waals surface area contributed by atoms with Crippen LogP contribution in [-0.2, 0) is 9.53 Å². The van der Waals surface area contributed by atoms with Gasteiger partial charge in [0.15, 0.2) is 0 Å². The Morgan fingerprint density at radius 2 is 1.92 bits per heavy atom. The van der Waals surface area contributed by atoms with Gasteiger partial charge in [-0.2, -0.15) is 0 Å². The SMILES string of the molecule is COC(=O)CC1CCC(C)(C)CC1. The first-order chi connectivity index (χ1) is 6.03. The summed E-state index contributed by atoms with van der Waals surface area (Å²) in [4.78, 5) is 11.0. The van der Waals surface area contributed by atoms with Crippen molar-refractivity contribution in [2.75, 3.05) is 7.11 Å². The van der Waals surface area contributed by atoms with Crippen LogP contribution in [0.15, 0.2) is 0 Å². The molecule has 76 valence electrons. The number of hydrogen-bond donors (Lipinski definition) is 0. The van der Waals surface area contributed by atoms with Crippen molar-refractivity contribution in [3.05, 3.63) is 0 Å². The van der Waals surface area contributed by atoms with Gasteiger partial charge in [-0.15, -0.1) is 0 Å². The molecule has 1 rings (SSSR count). The van der Waals surface area contributed by atoms with Gasteiger partial charge in [-0.1, -0.05) is 13.8 Å². The summed E-state index contributed by atoms with van der Waals surface area (Å²) in [5, 5.41) is 0. The molecule has 1 aliphatic rings. The number of hydrogen-bond acceptors (Lipinski definition) is 2. The van der Waals surface area contributed by atoms with Gasteiger partial charge in [0.05, 0.1) is 7.11 Å². The van der Waals surface area contributed by atoms with Crippen molar-refractivity contribution in [2.24, 2.45) is 11.3 Å². The number of carbonyl (C=O) groups is 1. The first kappa shape index (κ1) is 10.6. The van der Waals surface area contributed by atoms with Crippen LogP contribution in [-0.4, -0.2) is 13.1 Å². The molecule has 0 aromatic carbocycles. The van der Waals surface area contributed by atoms with E-state index in [1.807, 2.05) is 0 Å². The van der Waals surface area contributed by atoms with Gasteiger partial charge in [0.2, 0.25) is 0 Å². The standard InChI is InChI=1S/C11H20O2/c1-11(2)6-4-9(5-7-11)8-10(12)13-3/h9H,4-8H2,1-3H3. The summed E-state index contributed by atoms with van der Waals surface area (Å²) in [5.41, 5.74) is 0.493. The van der Waals surface area contributed by atoms with E-state index in [1.54, 1.807) is 0 Å². The molecular formula is C11H20O2. The van der Waals surface area contributed by atoms with E-state index in [9.17, 15) is 4.79 Å². The third-order valence-electron chi connectivity index (χ3n) is 3.14. The minimum Gasteiger partial charge on any atom is -0.469 e. The molecule has 2 nitrogen and oxygen atoms in total. The number of methoxy groups -OCH3 is 1. The topological polar surface area (TPSA) is 26.3 Å². The zero-order chi connectivity index (χ0) is 9.90. The smallest absolute Gasteiger partial charge is 0.305 e. The fourth-order valence-corrected chi connectivity index (χ4v) is 1.98. The Labute approximate surface area is 80.7 Å². The van der Waals surface area contributed by atoms with Crippen LogP contribution in [0.2, 0.25) is 0 Å². The van der Waals surface area contributed by atoms with Gasteiger partial charge in [-0.05, 0) is 37.0 Å². The summed E-state index contributed by atoms with van der Waals surface area (Å²) in [7, 11) is 1.47. The molecule has 0 radical (unpaired) electrons. The van der Waals surface area contributed by atoms with Gasteiger partial charge in [-0.25, -0.2) is 0 Å². The molecule has 0 atom stereocenters.